The first-order valence-electron chi connectivity index (χ1n) is 6.81. The van der Waals surface area contributed by atoms with Crippen LogP contribution >= 0.6 is 0 Å². The quantitative estimate of drug-likeness (QED) is 0.791. The summed E-state index contributed by atoms with van der Waals surface area (Å²) < 4.78 is 0. The van der Waals surface area contributed by atoms with E-state index in [-0.39, 0.29) is 0 Å². The van der Waals surface area contributed by atoms with E-state index < -0.39 is 0 Å². The maximum Gasteiger partial charge on any atom is 0.0312 e. The van der Waals surface area contributed by atoms with Gasteiger partial charge in [0.25, 0.3) is 0 Å². The third-order valence-electron chi connectivity index (χ3n) is 3.22. The Hall–Kier alpha value is -0.890. The Morgan fingerprint density at radius 2 is 2.06 bits per heavy atom. The molecule has 1 heterocycles. The average Bonchev–Trinajstić information content (AvgIpc) is 2.31. The zero-order valence-corrected chi connectivity index (χ0v) is 11.7. The van der Waals surface area contributed by atoms with Crippen LogP contribution in [-0.4, -0.2) is 23.5 Å². The second-order valence-electron chi connectivity index (χ2n) is 5.00. The lowest BCUT2D eigenvalue weighted by Crippen LogP contribution is -2.32. The van der Waals surface area contributed by atoms with E-state index >= 15 is 0 Å². The van der Waals surface area contributed by atoms with Crippen LogP contribution < -0.4 is 0 Å². The molecule has 0 unspecified atom stereocenters. The van der Waals surface area contributed by atoms with Crippen molar-refractivity contribution in [3.63, 3.8) is 0 Å². The molecule has 2 rings (SSSR count). The fourth-order valence-corrected chi connectivity index (χ4v) is 2.53. The molecule has 2 nitrogen and oxygen atoms in total. The number of rotatable bonds is 4. The monoisotopic (exact) mass is 234 g/mol. The summed E-state index contributed by atoms with van der Waals surface area (Å²) in [7, 11) is 2.20. The number of aromatic nitrogens is 1. The summed E-state index contributed by atoms with van der Waals surface area (Å²) in [6.07, 6.45) is 6.62. The van der Waals surface area contributed by atoms with Crippen molar-refractivity contribution in [1.29, 1.82) is 0 Å². The molecule has 0 saturated heterocycles. The molecule has 0 aromatic carbocycles. The van der Waals surface area contributed by atoms with Crippen molar-refractivity contribution in [3.05, 3.63) is 30.1 Å². The molecule has 1 fully saturated rings. The van der Waals surface area contributed by atoms with Crippen LogP contribution in [0, 0.1) is 11.8 Å². The van der Waals surface area contributed by atoms with Gasteiger partial charge in [0.2, 0.25) is 0 Å². The lowest BCUT2D eigenvalue weighted by Gasteiger charge is -2.35. The SMILES string of the molecule is CC.CC1CC(CN(C)Cc2cccnc2)C1. The molecule has 2 heteroatoms. The van der Waals surface area contributed by atoms with Crippen LogP contribution in [0.2, 0.25) is 0 Å². The Morgan fingerprint density at radius 1 is 1.35 bits per heavy atom. The van der Waals surface area contributed by atoms with E-state index in [0.29, 0.717) is 0 Å². The maximum atomic E-state index is 4.14. The van der Waals surface area contributed by atoms with E-state index in [1.165, 1.54) is 24.9 Å². The summed E-state index contributed by atoms with van der Waals surface area (Å²) >= 11 is 0. The summed E-state index contributed by atoms with van der Waals surface area (Å²) in [6, 6.07) is 4.15. The highest BCUT2D eigenvalue weighted by Crippen LogP contribution is 2.33. The van der Waals surface area contributed by atoms with Crippen molar-refractivity contribution >= 4 is 0 Å². The van der Waals surface area contributed by atoms with Crippen LogP contribution in [-0.2, 0) is 6.54 Å². The van der Waals surface area contributed by atoms with Crippen LogP contribution in [0.15, 0.2) is 24.5 Å². The molecular formula is C15H26N2. The molecule has 1 saturated carbocycles. The molecule has 1 aliphatic rings. The Balaban J connectivity index is 0.000000686. The minimum atomic E-state index is 0.932. The number of nitrogens with zero attached hydrogens (tertiary/aromatic N) is 2. The fraction of sp³-hybridized carbons (Fsp3) is 0.667. The highest BCUT2D eigenvalue weighted by molar-refractivity contribution is 5.07. The Labute approximate surface area is 106 Å². The van der Waals surface area contributed by atoms with Crippen LogP contribution in [0.5, 0.6) is 0 Å². The van der Waals surface area contributed by atoms with Gasteiger partial charge in [-0.2, -0.15) is 0 Å². The van der Waals surface area contributed by atoms with Crippen molar-refractivity contribution in [2.24, 2.45) is 11.8 Å². The molecule has 17 heavy (non-hydrogen) atoms. The van der Waals surface area contributed by atoms with Crippen molar-refractivity contribution in [2.75, 3.05) is 13.6 Å². The topological polar surface area (TPSA) is 16.1 Å². The fourth-order valence-electron chi connectivity index (χ4n) is 2.53. The van der Waals surface area contributed by atoms with Crippen LogP contribution in [0.1, 0.15) is 39.2 Å². The van der Waals surface area contributed by atoms with Gasteiger partial charge in [-0.1, -0.05) is 26.8 Å². The summed E-state index contributed by atoms with van der Waals surface area (Å²) in [6.45, 7) is 8.61. The molecule has 0 aliphatic heterocycles. The lowest BCUT2D eigenvalue weighted by atomic mass is 9.76. The number of pyridine rings is 1. The predicted molar refractivity (Wildman–Crippen MR) is 73.8 cm³/mol. The molecule has 0 spiro atoms. The van der Waals surface area contributed by atoms with E-state index in [0.717, 1.165) is 18.4 Å². The van der Waals surface area contributed by atoms with Crippen molar-refractivity contribution in [1.82, 2.24) is 9.88 Å². The standard InChI is InChI=1S/C13H20N2.C2H6/c1-11-6-13(7-11)10-15(2)9-12-4-3-5-14-8-12;1-2/h3-5,8,11,13H,6-7,9-10H2,1-2H3;1-2H3. The van der Waals surface area contributed by atoms with Crippen molar-refractivity contribution in [3.8, 4) is 0 Å². The highest BCUT2D eigenvalue weighted by Gasteiger charge is 2.25. The third-order valence-corrected chi connectivity index (χ3v) is 3.22. The van der Waals surface area contributed by atoms with E-state index in [2.05, 4.69) is 29.9 Å². The molecule has 0 radical (unpaired) electrons. The van der Waals surface area contributed by atoms with Gasteiger partial charge in [-0.3, -0.25) is 4.98 Å². The normalized spacial score (nSPS) is 22.6. The van der Waals surface area contributed by atoms with Gasteiger partial charge in [-0.15, -0.1) is 0 Å². The van der Waals surface area contributed by atoms with Crippen molar-refractivity contribution < 1.29 is 0 Å². The first kappa shape index (κ1) is 14.2. The van der Waals surface area contributed by atoms with Crippen LogP contribution in [0.3, 0.4) is 0 Å². The molecule has 0 bridgehead atoms. The first-order chi connectivity index (χ1) is 8.24. The first-order valence-corrected chi connectivity index (χ1v) is 6.81. The molecule has 1 aromatic rings. The average molecular weight is 234 g/mol. The summed E-state index contributed by atoms with van der Waals surface area (Å²) in [4.78, 5) is 6.55. The Bertz CT molecular complexity index is 291. The summed E-state index contributed by atoms with van der Waals surface area (Å²) in [5.41, 5.74) is 1.31. The predicted octanol–water partition coefficient (Wildman–Crippen LogP) is 3.59. The zero-order chi connectivity index (χ0) is 12.7. The van der Waals surface area contributed by atoms with Crippen LogP contribution in [0.4, 0.5) is 0 Å². The van der Waals surface area contributed by atoms with Gasteiger partial charge in [0.05, 0.1) is 0 Å². The van der Waals surface area contributed by atoms with Gasteiger partial charge in [0, 0.05) is 25.5 Å². The van der Waals surface area contributed by atoms with Crippen LogP contribution in [0.25, 0.3) is 0 Å². The van der Waals surface area contributed by atoms with Gasteiger partial charge in [0.1, 0.15) is 0 Å². The van der Waals surface area contributed by atoms with Gasteiger partial charge in [0.15, 0.2) is 0 Å². The smallest absolute Gasteiger partial charge is 0.0312 e. The maximum absolute atomic E-state index is 4.14. The minimum absolute atomic E-state index is 0.932. The van der Waals surface area contributed by atoms with E-state index in [1.807, 2.05) is 32.3 Å². The second-order valence-corrected chi connectivity index (χ2v) is 5.00. The summed E-state index contributed by atoms with van der Waals surface area (Å²) in [5.74, 6) is 1.89. The molecule has 96 valence electrons. The number of hydrogen-bond acceptors (Lipinski definition) is 2. The van der Waals surface area contributed by atoms with Gasteiger partial charge in [-0.25, -0.2) is 0 Å². The molecular weight excluding hydrogens is 208 g/mol. The Kier molecular flexibility index (Phi) is 6.20. The number of hydrogen-bond donors (Lipinski definition) is 0. The third kappa shape index (κ3) is 4.86. The zero-order valence-electron chi connectivity index (χ0n) is 11.7. The molecule has 1 aliphatic carbocycles. The molecule has 0 atom stereocenters. The van der Waals surface area contributed by atoms with E-state index in [9.17, 15) is 0 Å². The van der Waals surface area contributed by atoms with E-state index in [1.54, 1.807) is 0 Å². The molecule has 0 amide bonds. The van der Waals surface area contributed by atoms with Crippen molar-refractivity contribution in [2.45, 2.75) is 40.2 Å². The minimum Gasteiger partial charge on any atom is -0.302 e. The van der Waals surface area contributed by atoms with Gasteiger partial charge in [-0.05, 0) is 43.4 Å². The van der Waals surface area contributed by atoms with Gasteiger partial charge >= 0.3 is 0 Å². The largest absolute Gasteiger partial charge is 0.302 e. The highest BCUT2D eigenvalue weighted by atomic mass is 15.1. The Morgan fingerprint density at radius 3 is 2.59 bits per heavy atom. The van der Waals surface area contributed by atoms with Gasteiger partial charge < -0.3 is 4.90 Å². The molecule has 0 N–H and O–H groups in total. The summed E-state index contributed by atoms with van der Waals surface area (Å²) in [5, 5.41) is 0. The molecule has 1 aromatic heterocycles. The lowest BCUT2D eigenvalue weighted by molar-refractivity contribution is 0.147. The second kappa shape index (κ2) is 7.44. The van der Waals surface area contributed by atoms with E-state index in [4.69, 9.17) is 0 Å².